The minimum Gasteiger partial charge on any atom is -0.494 e. The average Bonchev–Trinajstić information content (AvgIpc) is 2.94. The summed E-state index contributed by atoms with van der Waals surface area (Å²) in [6.45, 7) is 7.05. The summed E-state index contributed by atoms with van der Waals surface area (Å²) in [5, 5.41) is 6.60. The van der Waals surface area contributed by atoms with Crippen molar-refractivity contribution in [2.24, 2.45) is 0 Å². The van der Waals surface area contributed by atoms with Crippen molar-refractivity contribution in [3.8, 4) is 5.75 Å². The first-order valence-corrected chi connectivity index (χ1v) is 13.9. The number of unbranched alkanes of at least 4 members (excludes halogenated alkanes) is 1. The summed E-state index contributed by atoms with van der Waals surface area (Å²) in [5.41, 5.74) is 3.73. The van der Waals surface area contributed by atoms with Crippen LogP contribution >= 0.6 is 23.8 Å². The van der Waals surface area contributed by atoms with Gasteiger partial charge in [0.2, 0.25) is 0 Å². The number of benzene rings is 3. The van der Waals surface area contributed by atoms with Crippen LogP contribution in [-0.4, -0.2) is 54.6 Å². The van der Waals surface area contributed by atoms with E-state index in [0.29, 0.717) is 60.4 Å². The fourth-order valence-corrected chi connectivity index (χ4v) is 4.84. The maximum Gasteiger partial charge on any atom is 0.257 e. The highest BCUT2D eigenvalue weighted by molar-refractivity contribution is 7.80. The molecule has 0 atom stereocenters. The Morgan fingerprint density at radius 1 is 0.974 bits per heavy atom. The van der Waals surface area contributed by atoms with Crippen LogP contribution in [0, 0.1) is 6.92 Å². The molecule has 0 radical (unpaired) electrons. The molecule has 1 fully saturated rings. The summed E-state index contributed by atoms with van der Waals surface area (Å²) in [6.07, 6.45) is 1.98. The number of hydrogen-bond acceptors (Lipinski definition) is 5. The molecule has 0 aromatic heterocycles. The predicted molar refractivity (Wildman–Crippen MR) is 161 cm³/mol. The monoisotopic (exact) mass is 564 g/mol. The van der Waals surface area contributed by atoms with Gasteiger partial charge in [-0.25, -0.2) is 0 Å². The van der Waals surface area contributed by atoms with Crippen molar-refractivity contribution in [1.82, 2.24) is 10.2 Å². The van der Waals surface area contributed by atoms with E-state index in [2.05, 4.69) is 22.5 Å². The van der Waals surface area contributed by atoms with E-state index in [-0.39, 0.29) is 16.9 Å². The third kappa shape index (κ3) is 7.49. The lowest BCUT2D eigenvalue weighted by atomic mass is 10.1. The van der Waals surface area contributed by atoms with Gasteiger partial charge in [-0.1, -0.05) is 54.8 Å². The molecule has 0 spiro atoms. The minimum absolute atomic E-state index is 0.0240. The lowest BCUT2D eigenvalue weighted by Gasteiger charge is -2.37. The molecule has 1 aliphatic heterocycles. The molecule has 1 heterocycles. The van der Waals surface area contributed by atoms with Gasteiger partial charge >= 0.3 is 0 Å². The average molecular weight is 565 g/mol. The van der Waals surface area contributed by atoms with E-state index >= 15 is 0 Å². The lowest BCUT2D eigenvalue weighted by molar-refractivity contribution is 0.0746. The highest BCUT2D eigenvalue weighted by atomic mass is 35.5. The van der Waals surface area contributed by atoms with Gasteiger partial charge in [-0.15, -0.1) is 0 Å². The number of aryl methyl sites for hydroxylation is 1. The molecule has 1 aliphatic rings. The molecule has 0 saturated carbocycles. The van der Waals surface area contributed by atoms with Crippen molar-refractivity contribution in [2.75, 3.05) is 43.0 Å². The van der Waals surface area contributed by atoms with Gasteiger partial charge in [0.05, 0.1) is 23.0 Å². The van der Waals surface area contributed by atoms with Gasteiger partial charge in [0.1, 0.15) is 5.75 Å². The number of nitrogens with one attached hydrogen (secondary N) is 2. The van der Waals surface area contributed by atoms with E-state index in [1.54, 1.807) is 18.2 Å². The summed E-state index contributed by atoms with van der Waals surface area (Å²) in [4.78, 5) is 29.8. The number of amides is 2. The van der Waals surface area contributed by atoms with Crippen molar-refractivity contribution in [3.63, 3.8) is 0 Å². The van der Waals surface area contributed by atoms with Crippen LogP contribution in [-0.2, 0) is 0 Å². The fourth-order valence-electron chi connectivity index (χ4n) is 4.34. The van der Waals surface area contributed by atoms with Crippen molar-refractivity contribution in [3.05, 3.63) is 88.4 Å². The summed E-state index contributed by atoms with van der Waals surface area (Å²) in [5.74, 6) is 0.336. The lowest BCUT2D eigenvalue weighted by Crippen LogP contribution is -2.49. The fraction of sp³-hybridized carbons (Fsp3) is 0.300. The third-order valence-corrected chi connectivity index (χ3v) is 7.02. The smallest absolute Gasteiger partial charge is 0.257 e. The van der Waals surface area contributed by atoms with Gasteiger partial charge in [-0.05, 0) is 68.0 Å². The number of carbonyl (C=O) groups is 2. The first-order chi connectivity index (χ1) is 18.9. The molecule has 4 rings (SSSR count). The Labute approximate surface area is 240 Å². The van der Waals surface area contributed by atoms with Gasteiger partial charge in [-0.2, -0.15) is 0 Å². The molecule has 9 heteroatoms. The quantitative estimate of drug-likeness (QED) is 0.261. The van der Waals surface area contributed by atoms with Crippen molar-refractivity contribution in [1.29, 1.82) is 0 Å². The van der Waals surface area contributed by atoms with Crippen LogP contribution in [0.2, 0.25) is 5.02 Å². The number of hydrogen-bond donors (Lipinski definition) is 2. The van der Waals surface area contributed by atoms with Gasteiger partial charge in [0, 0.05) is 37.3 Å². The Morgan fingerprint density at radius 3 is 2.41 bits per heavy atom. The second-order valence-corrected chi connectivity index (χ2v) is 10.2. The van der Waals surface area contributed by atoms with Crippen molar-refractivity contribution >= 4 is 52.1 Å². The number of anilines is 2. The topological polar surface area (TPSA) is 73.9 Å². The third-order valence-electron chi connectivity index (χ3n) is 6.51. The van der Waals surface area contributed by atoms with Crippen LogP contribution in [0.15, 0.2) is 66.7 Å². The first-order valence-electron chi connectivity index (χ1n) is 13.1. The van der Waals surface area contributed by atoms with Gasteiger partial charge < -0.3 is 19.9 Å². The molecular formula is C30H33ClN4O3S. The molecule has 2 amide bonds. The van der Waals surface area contributed by atoms with Crippen molar-refractivity contribution < 1.29 is 14.3 Å². The Kier molecular flexibility index (Phi) is 9.79. The van der Waals surface area contributed by atoms with E-state index in [1.165, 1.54) is 0 Å². The van der Waals surface area contributed by atoms with Crippen LogP contribution in [0.25, 0.3) is 0 Å². The normalized spacial score (nSPS) is 13.1. The van der Waals surface area contributed by atoms with Crippen LogP contribution in [0.3, 0.4) is 0 Å². The van der Waals surface area contributed by atoms with Crippen LogP contribution in [0.1, 0.15) is 46.0 Å². The van der Waals surface area contributed by atoms with E-state index in [1.807, 2.05) is 60.4 Å². The van der Waals surface area contributed by atoms with E-state index in [4.69, 9.17) is 28.6 Å². The maximum atomic E-state index is 12.9. The highest BCUT2D eigenvalue weighted by Gasteiger charge is 2.25. The van der Waals surface area contributed by atoms with Crippen molar-refractivity contribution in [2.45, 2.75) is 26.7 Å². The Bertz CT molecular complexity index is 1320. The molecule has 0 bridgehead atoms. The first kappa shape index (κ1) is 28.4. The summed E-state index contributed by atoms with van der Waals surface area (Å²) in [6, 6.07) is 20.2. The number of ether oxygens (including phenoxy) is 1. The molecule has 1 saturated heterocycles. The Balaban J connectivity index is 1.38. The predicted octanol–water partition coefficient (Wildman–Crippen LogP) is 5.92. The summed E-state index contributed by atoms with van der Waals surface area (Å²) >= 11 is 12.1. The second-order valence-electron chi connectivity index (χ2n) is 9.42. The molecular weight excluding hydrogens is 532 g/mol. The number of halogens is 1. The number of para-hydroxylation sites is 1. The standard InChI is InChI=1S/C30H33ClN4O3S/c1-3-4-19-38-24-8-5-7-23(20-24)28(36)33-30(39)32-26-10-6-9-25(31)27(26)34-15-17-35(18-16-34)29(37)22-13-11-21(2)12-14-22/h5-14,20H,3-4,15-19H2,1-2H3,(H2,32,33,36,39). The Hall–Kier alpha value is -3.62. The number of piperazine rings is 1. The maximum absolute atomic E-state index is 12.9. The van der Waals surface area contributed by atoms with E-state index in [0.717, 1.165) is 24.1 Å². The van der Waals surface area contributed by atoms with Crippen LogP contribution in [0.4, 0.5) is 11.4 Å². The molecule has 2 N–H and O–H groups in total. The zero-order valence-electron chi connectivity index (χ0n) is 22.2. The molecule has 3 aromatic rings. The van der Waals surface area contributed by atoms with E-state index in [9.17, 15) is 9.59 Å². The number of rotatable bonds is 8. The van der Waals surface area contributed by atoms with E-state index < -0.39 is 0 Å². The summed E-state index contributed by atoms with van der Waals surface area (Å²) < 4.78 is 5.71. The molecule has 0 unspecified atom stereocenters. The van der Waals surface area contributed by atoms with Crippen LogP contribution in [0.5, 0.6) is 5.75 Å². The molecule has 3 aromatic carbocycles. The molecule has 204 valence electrons. The van der Waals surface area contributed by atoms with Gasteiger partial charge in [0.25, 0.3) is 11.8 Å². The number of thiocarbonyl (C=S) groups is 1. The molecule has 0 aliphatic carbocycles. The van der Waals surface area contributed by atoms with Crippen LogP contribution < -0.4 is 20.3 Å². The van der Waals surface area contributed by atoms with Gasteiger partial charge in [0.15, 0.2) is 5.11 Å². The zero-order chi connectivity index (χ0) is 27.8. The second kappa shape index (κ2) is 13.4. The number of carbonyl (C=O) groups excluding carboxylic acids is 2. The summed E-state index contributed by atoms with van der Waals surface area (Å²) in [7, 11) is 0. The highest BCUT2D eigenvalue weighted by Crippen LogP contribution is 2.34. The minimum atomic E-state index is -0.333. The van der Waals surface area contributed by atoms with Gasteiger partial charge in [-0.3, -0.25) is 14.9 Å². The molecule has 39 heavy (non-hydrogen) atoms. The molecule has 7 nitrogen and oxygen atoms in total. The largest absolute Gasteiger partial charge is 0.494 e. The Morgan fingerprint density at radius 2 is 1.69 bits per heavy atom. The number of nitrogens with zero attached hydrogens (tertiary/aromatic N) is 2. The SMILES string of the molecule is CCCCOc1cccc(C(=O)NC(=S)Nc2cccc(Cl)c2N2CCN(C(=O)c3ccc(C)cc3)CC2)c1. The zero-order valence-corrected chi connectivity index (χ0v) is 23.8.